The van der Waals surface area contributed by atoms with E-state index in [1.54, 1.807) is 12.1 Å². The summed E-state index contributed by atoms with van der Waals surface area (Å²) in [7, 11) is 0. The van der Waals surface area contributed by atoms with Crippen molar-refractivity contribution in [1.29, 1.82) is 0 Å². The maximum Gasteiger partial charge on any atom is 0.108 e. The summed E-state index contributed by atoms with van der Waals surface area (Å²) in [5.74, 6) is 0. The zero-order valence-corrected chi connectivity index (χ0v) is 13.3. The Morgan fingerprint density at radius 2 is 1.90 bits per heavy atom. The Kier molecular flexibility index (Phi) is 3.43. The number of aromatic nitrogens is 1. The molecule has 0 saturated carbocycles. The first-order valence-electron chi connectivity index (χ1n) is 6.36. The Hall–Kier alpha value is -2.27. The first-order chi connectivity index (χ1) is 9.85. The van der Waals surface area contributed by atoms with Gasteiger partial charge >= 0.3 is 0 Å². The van der Waals surface area contributed by atoms with Gasteiger partial charge < -0.3 is 0 Å². The van der Waals surface area contributed by atoms with Crippen LogP contribution in [0.2, 0.25) is 0 Å². The van der Waals surface area contributed by atoms with Crippen LogP contribution in [0.3, 0.4) is 0 Å². The smallest absolute Gasteiger partial charge is 0.108 e. The fourth-order valence-corrected chi connectivity index (χ4v) is 2.61. The van der Waals surface area contributed by atoms with Gasteiger partial charge in [-0.15, -0.1) is 23.8 Å². The molecule has 1 aliphatic carbocycles. The van der Waals surface area contributed by atoms with Crippen molar-refractivity contribution in [1.82, 2.24) is 4.98 Å². The molecular formula is C18H9IrN2-. The number of rotatable bonds is 1. The number of hydrogen-bond donors (Lipinski definition) is 0. The predicted molar refractivity (Wildman–Crippen MR) is 81.2 cm³/mol. The third-order valence-electron chi connectivity index (χ3n) is 3.53. The van der Waals surface area contributed by atoms with Crippen molar-refractivity contribution in [2.75, 3.05) is 0 Å². The van der Waals surface area contributed by atoms with Gasteiger partial charge in [-0.2, -0.15) is 6.07 Å². The molecule has 1 radical (unpaired) electrons. The molecule has 3 heteroatoms. The molecule has 0 saturated heterocycles. The summed E-state index contributed by atoms with van der Waals surface area (Å²) in [4.78, 5) is 8.17. The fraction of sp³-hybridized carbons (Fsp3) is 0. The van der Waals surface area contributed by atoms with Gasteiger partial charge in [0.1, 0.15) is 5.69 Å². The molecule has 0 spiro atoms. The summed E-state index contributed by atoms with van der Waals surface area (Å²) in [6, 6.07) is 16.7. The van der Waals surface area contributed by atoms with Gasteiger partial charge in [-0.05, 0) is 22.9 Å². The van der Waals surface area contributed by atoms with Crippen molar-refractivity contribution in [3.63, 3.8) is 0 Å². The molecule has 0 unspecified atom stereocenters. The topological polar surface area (TPSA) is 17.2 Å². The number of pyridine rings is 1. The normalized spacial score (nSPS) is 11.2. The van der Waals surface area contributed by atoms with Gasteiger partial charge in [-0.25, -0.2) is 0 Å². The molecule has 21 heavy (non-hydrogen) atoms. The van der Waals surface area contributed by atoms with Crippen molar-refractivity contribution < 1.29 is 20.1 Å². The molecule has 3 aromatic rings. The summed E-state index contributed by atoms with van der Waals surface area (Å²) in [5, 5.41) is 1.21. The molecule has 0 N–H and O–H groups in total. The molecular weight excluding hydrogens is 436 g/mol. The van der Waals surface area contributed by atoms with E-state index in [9.17, 15) is 0 Å². The largest absolute Gasteiger partial charge is 0.296 e. The van der Waals surface area contributed by atoms with Crippen LogP contribution in [0.4, 0.5) is 5.69 Å². The van der Waals surface area contributed by atoms with Crippen LogP contribution in [0.25, 0.3) is 39.2 Å². The molecule has 2 nitrogen and oxygen atoms in total. The summed E-state index contributed by atoms with van der Waals surface area (Å²) in [5.41, 5.74) is 5.73. The molecule has 1 aromatic heterocycles. The molecule has 0 fully saturated rings. The second-order valence-electron chi connectivity index (χ2n) is 4.74. The van der Waals surface area contributed by atoms with Crippen LogP contribution < -0.4 is 0 Å². The van der Waals surface area contributed by atoms with Crippen LogP contribution in [-0.4, -0.2) is 4.98 Å². The van der Waals surface area contributed by atoms with Gasteiger partial charge in [0.15, 0.2) is 0 Å². The van der Waals surface area contributed by atoms with Crippen LogP contribution in [0.15, 0.2) is 42.5 Å². The molecule has 1 heterocycles. The molecule has 1 aliphatic rings. The third-order valence-corrected chi connectivity index (χ3v) is 3.53. The quantitative estimate of drug-likeness (QED) is 0.387. The van der Waals surface area contributed by atoms with E-state index in [1.807, 2.05) is 18.2 Å². The fourth-order valence-electron chi connectivity index (χ4n) is 2.61. The van der Waals surface area contributed by atoms with E-state index in [-0.39, 0.29) is 20.1 Å². The zero-order chi connectivity index (χ0) is 13.5. The summed E-state index contributed by atoms with van der Waals surface area (Å²) in [6.45, 7) is 7.10. The van der Waals surface area contributed by atoms with Crippen molar-refractivity contribution >= 4 is 28.7 Å². The Morgan fingerprint density at radius 1 is 1.05 bits per heavy atom. The SMILES string of the molecule is [C-]#[N+]c1cc[c-]c(-c2cc3c4c(cccc4n2)C=C3)c1.[Ir]. The summed E-state index contributed by atoms with van der Waals surface area (Å²) in [6.07, 6.45) is 4.23. The van der Waals surface area contributed by atoms with Gasteiger partial charge in [-0.3, -0.25) is 9.83 Å². The molecule has 0 aliphatic heterocycles. The van der Waals surface area contributed by atoms with Crippen LogP contribution >= 0.6 is 0 Å². The minimum Gasteiger partial charge on any atom is -0.296 e. The number of hydrogen-bond acceptors (Lipinski definition) is 1. The number of benzene rings is 2. The molecule has 0 amide bonds. The van der Waals surface area contributed by atoms with Crippen molar-refractivity contribution in [2.24, 2.45) is 0 Å². The van der Waals surface area contributed by atoms with E-state index >= 15 is 0 Å². The van der Waals surface area contributed by atoms with Crippen LogP contribution in [0, 0.1) is 12.6 Å². The number of nitrogens with zero attached hydrogens (tertiary/aromatic N) is 2. The van der Waals surface area contributed by atoms with Gasteiger partial charge in [-0.1, -0.05) is 30.4 Å². The predicted octanol–water partition coefficient (Wildman–Crippen LogP) is 4.73. The van der Waals surface area contributed by atoms with E-state index < -0.39 is 0 Å². The molecule has 4 rings (SSSR count). The minimum absolute atomic E-state index is 0. The second-order valence-corrected chi connectivity index (χ2v) is 4.74. The Bertz CT molecular complexity index is 920. The van der Waals surface area contributed by atoms with E-state index in [1.165, 1.54) is 16.5 Å². The van der Waals surface area contributed by atoms with E-state index in [0.29, 0.717) is 5.69 Å². The molecule has 2 aromatic carbocycles. The monoisotopic (exact) mass is 446 g/mol. The van der Waals surface area contributed by atoms with E-state index in [2.05, 4.69) is 35.2 Å². The summed E-state index contributed by atoms with van der Waals surface area (Å²) < 4.78 is 0. The standard InChI is InChI=1S/C18H9N2.Ir/c1-19-15-6-2-5-13(10-15)17-11-14-9-8-12-4-3-7-16(20-17)18(12)14;/h2-4,6-11H;/q-1;. The Morgan fingerprint density at radius 3 is 2.76 bits per heavy atom. The average molecular weight is 446 g/mol. The van der Waals surface area contributed by atoms with Gasteiger partial charge in [0.2, 0.25) is 0 Å². The van der Waals surface area contributed by atoms with Crippen molar-refractivity contribution in [2.45, 2.75) is 0 Å². The Labute approximate surface area is 136 Å². The van der Waals surface area contributed by atoms with Gasteiger partial charge in [0.25, 0.3) is 0 Å². The van der Waals surface area contributed by atoms with E-state index in [0.717, 1.165) is 16.8 Å². The molecule has 101 valence electrons. The van der Waals surface area contributed by atoms with Gasteiger partial charge in [0.05, 0.1) is 12.1 Å². The molecule has 0 atom stereocenters. The summed E-state index contributed by atoms with van der Waals surface area (Å²) >= 11 is 0. The maximum absolute atomic E-state index is 7.10. The van der Waals surface area contributed by atoms with Crippen LogP contribution in [-0.2, 0) is 20.1 Å². The average Bonchev–Trinajstić information content (AvgIpc) is 2.92. The second kappa shape index (κ2) is 5.25. The maximum atomic E-state index is 7.10. The van der Waals surface area contributed by atoms with Crippen molar-refractivity contribution in [3.8, 4) is 11.3 Å². The minimum atomic E-state index is 0. The first kappa shape index (κ1) is 13.7. The molecule has 0 bridgehead atoms. The van der Waals surface area contributed by atoms with Crippen LogP contribution in [0.1, 0.15) is 11.1 Å². The van der Waals surface area contributed by atoms with Gasteiger partial charge in [0, 0.05) is 25.5 Å². The van der Waals surface area contributed by atoms with E-state index in [4.69, 9.17) is 11.6 Å². The third kappa shape index (κ3) is 2.19. The zero-order valence-electron chi connectivity index (χ0n) is 10.9. The Balaban J connectivity index is 0.00000132. The van der Waals surface area contributed by atoms with Crippen molar-refractivity contribution in [3.05, 3.63) is 71.1 Å². The first-order valence-corrected chi connectivity index (χ1v) is 6.36. The van der Waals surface area contributed by atoms with Crippen LogP contribution in [0.5, 0.6) is 0 Å².